The van der Waals surface area contributed by atoms with Gasteiger partial charge in [-0.25, -0.2) is 0 Å². The van der Waals surface area contributed by atoms with Crippen molar-refractivity contribution in [3.05, 3.63) is 28.2 Å². The van der Waals surface area contributed by atoms with Gasteiger partial charge in [-0.05, 0) is 36.5 Å². The first kappa shape index (κ1) is 13.3. The molecule has 1 aliphatic carbocycles. The lowest BCUT2D eigenvalue weighted by Gasteiger charge is -2.16. The largest absolute Gasteiger partial charge is 0.409 e. The van der Waals surface area contributed by atoms with Crippen LogP contribution in [-0.2, 0) is 0 Å². The van der Waals surface area contributed by atoms with Crippen LogP contribution in [0.3, 0.4) is 0 Å². The van der Waals surface area contributed by atoms with Crippen LogP contribution in [0.4, 0.5) is 5.69 Å². The molecular weight excluding hydrogens is 273 g/mol. The molecule has 1 aromatic carbocycles. The molecule has 1 aliphatic rings. The maximum atomic E-state index is 8.59. The van der Waals surface area contributed by atoms with Crippen molar-refractivity contribution in [3.8, 4) is 0 Å². The van der Waals surface area contributed by atoms with Crippen molar-refractivity contribution in [2.45, 2.75) is 19.3 Å². The zero-order valence-corrected chi connectivity index (χ0v) is 11.3. The van der Waals surface area contributed by atoms with E-state index in [-0.39, 0.29) is 11.3 Å². The minimum atomic E-state index is 0.102. The molecule has 0 heterocycles. The maximum absolute atomic E-state index is 8.59. The van der Waals surface area contributed by atoms with Crippen molar-refractivity contribution in [2.24, 2.45) is 16.3 Å². The summed E-state index contributed by atoms with van der Waals surface area (Å²) in [5, 5.41) is 16.1. The van der Waals surface area contributed by atoms with Crippen molar-refractivity contribution >= 4 is 34.7 Å². The van der Waals surface area contributed by atoms with Gasteiger partial charge in [-0.15, -0.1) is 0 Å². The fourth-order valence-electron chi connectivity index (χ4n) is 1.96. The van der Waals surface area contributed by atoms with E-state index >= 15 is 0 Å². The van der Waals surface area contributed by atoms with Crippen LogP contribution in [0, 0.1) is 5.41 Å². The van der Waals surface area contributed by atoms with Crippen molar-refractivity contribution in [2.75, 3.05) is 11.9 Å². The molecule has 98 valence electrons. The van der Waals surface area contributed by atoms with E-state index in [0.29, 0.717) is 16.5 Å². The average Bonchev–Trinajstić information content (AvgIpc) is 3.05. The molecule has 0 saturated heterocycles. The summed E-state index contributed by atoms with van der Waals surface area (Å²) in [6, 6.07) is 5.34. The second-order valence-corrected chi connectivity index (χ2v) is 5.65. The van der Waals surface area contributed by atoms with Gasteiger partial charge >= 0.3 is 0 Å². The molecule has 0 radical (unpaired) electrons. The molecule has 4 nitrogen and oxygen atoms in total. The second kappa shape index (κ2) is 5.24. The minimum absolute atomic E-state index is 0.102. The molecule has 0 unspecified atom stereocenters. The van der Waals surface area contributed by atoms with Crippen molar-refractivity contribution in [1.29, 1.82) is 0 Å². The topological polar surface area (TPSA) is 70.6 Å². The number of nitrogens with zero attached hydrogens (tertiary/aromatic N) is 1. The van der Waals surface area contributed by atoms with E-state index in [9.17, 15) is 0 Å². The molecule has 1 fully saturated rings. The van der Waals surface area contributed by atoms with Crippen LogP contribution in [0.1, 0.15) is 19.3 Å². The average molecular weight is 288 g/mol. The monoisotopic (exact) mass is 287 g/mol. The molecule has 1 saturated carbocycles. The lowest BCUT2D eigenvalue weighted by atomic mass is 10.0. The van der Waals surface area contributed by atoms with Gasteiger partial charge in [0, 0.05) is 28.7 Å². The zero-order chi connectivity index (χ0) is 13.2. The number of nitrogens with two attached hydrogens (primary N) is 1. The summed E-state index contributed by atoms with van der Waals surface area (Å²) in [4.78, 5) is 0. The molecule has 2 rings (SSSR count). The van der Waals surface area contributed by atoms with E-state index in [2.05, 4.69) is 10.5 Å². The van der Waals surface area contributed by atoms with Crippen LogP contribution in [0.25, 0.3) is 0 Å². The molecule has 6 heteroatoms. The Kier molecular flexibility index (Phi) is 3.88. The molecular formula is C12H15Cl2N3O. The van der Waals surface area contributed by atoms with Gasteiger partial charge in [0.05, 0.1) is 0 Å². The highest BCUT2D eigenvalue weighted by molar-refractivity contribution is 6.35. The van der Waals surface area contributed by atoms with E-state index in [1.165, 1.54) is 0 Å². The van der Waals surface area contributed by atoms with Gasteiger partial charge in [-0.1, -0.05) is 28.4 Å². The SMILES string of the molecule is NC(CC1(CNc2cc(Cl)cc(Cl)c2)CC1)=NO. The van der Waals surface area contributed by atoms with Gasteiger partial charge < -0.3 is 16.3 Å². The number of oxime groups is 1. The number of halogens is 2. The number of benzene rings is 1. The first-order valence-electron chi connectivity index (χ1n) is 5.69. The Morgan fingerprint density at radius 1 is 1.33 bits per heavy atom. The number of hydrogen-bond donors (Lipinski definition) is 3. The zero-order valence-electron chi connectivity index (χ0n) is 9.79. The molecule has 0 aliphatic heterocycles. The third-order valence-electron chi connectivity index (χ3n) is 3.17. The molecule has 18 heavy (non-hydrogen) atoms. The number of anilines is 1. The Balaban J connectivity index is 1.95. The summed E-state index contributed by atoms with van der Waals surface area (Å²) in [5.74, 6) is 0.276. The van der Waals surface area contributed by atoms with Crippen molar-refractivity contribution in [3.63, 3.8) is 0 Å². The number of amidine groups is 1. The molecule has 0 amide bonds. The van der Waals surface area contributed by atoms with E-state index < -0.39 is 0 Å². The minimum Gasteiger partial charge on any atom is -0.409 e. The molecule has 0 spiro atoms. The van der Waals surface area contributed by atoms with Gasteiger partial charge in [-0.2, -0.15) is 0 Å². The third kappa shape index (κ3) is 3.43. The van der Waals surface area contributed by atoms with Crippen molar-refractivity contribution < 1.29 is 5.21 Å². The molecule has 1 aromatic rings. The van der Waals surface area contributed by atoms with Gasteiger partial charge in [-0.3, -0.25) is 0 Å². The molecule has 0 atom stereocenters. The molecule has 4 N–H and O–H groups in total. The Hall–Kier alpha value is -1.13. The van der Waals surface area contributed by atoms with E-state index in [1.807, 2.05) is 12.1 Å². The van der Waals surface area contributed by atoms with Gasteiger partial charge in [0.1, 0.15) is 5.84 Å². The number of hydrogen-bond acceptors (Lipinski definition) is 3. The predicted molar refractivity (Wildman–Crippen MR) is 74.6 cm³/mol. The Bertz CT molecular complexity index is 452. The quantitative estimate of drug-likeness (QED) is 0.337. The summed E-state index contributed by atoms with van der Waals surface area (Å²) in [6.45, 7) is 0.764. The summed E-state index contributed by atoms with van der Waals surface area (Å²) in [5.41, 5.74) is 6.54. The summed E-state index contributed by atoms with van der Waals surface area (Å²) in [6.07, 6.45) is 2.75. The summed E-state index contributed by atoms with van der Waals surface area (Å²) < 4.78 is 0. The maximum Gasteiger partial charge on any atom is 0.139 e. The van der Waals surface area contributed by atoms with Crippen LogP contribution < -0.4 is 11.1 Å². The Morgan fingerprint density at radius 3 is 2.44 bits per heavy atom. The number of rotatable bonds is 5. The van der Waals surface area contributed by atoms with Crippen LogP contribution in [-0.4, -0.2) is 17.6 Å². The van der Waals surface area contributed by atoms with Crippen LogP contribution in [0.5, 0.6) is 0 Å². The van der Waals surface area contributed by atoms with Crippen LogP contribution in [0.15, 0.2) is 23.4 Å². The highest BCUT2D eigenvalue weighted by Crippen LogP contribution is 2.48. The fraction of sp³-hybridized carbons (Fsp3) is 0.417. The molecule has 0 bridgehead atoms. The highest BCUT2D eigenvalue weighted by atomic mass is 35.5. The lowest BCUT2D eigenvalue weighted by Crippen LogP contribution is -2.23. The Morgan fingerprint density at radius 2 is 1.94 bits per heavy atom. The first-order valence-corrected chi connectivity index (χ1v) is 6.45. The third-order valence-corrected chi connectivity index (χ3v) is 3.61. The summed E-state index contributed by atoms with van der Waals surface area (Å²) >= 11 is 11.9. The predicted octanol–water partition coefficient (Wildman–Crippen LogP) is 3.32. The van der Waals surface area contributed by atoms with E-state index in [1.54, 1.807) is 6.07 Å². The molecule has 0 aromatic heterocycles. The second-order valence-electron chi connectivity index (χ2n) is 4.78. The van der Waals surface area contributed by atoms with Gasteiger partial charge in [0.25, 0.3) is 0 Å². The highest BCUT2D eigenvalue weighted by Gasteiger charge is 2.43. The van der Waals surface area contributed by atoms with Crippen LogP contribution >= 0.6 is 23.2 Å². The fourth-order valence-corrected chi connectivity index (χ4v) is 2.48. The summed E-state index contributed by atoms with van der Waals surface area (Å²) in [7, 11) is 0. The Labute approximate surface area is 116 Å². The van der Waals surface area contributed by atoms with E-state index in [4.69, 9.17) is 34.1 Å². The smallest absolute Gasteiger partial charge is 0.139 e. The number of nitrogens with one attached hydrogen (secondary N) is 1. The standard InChI is InChI=1S/C12H15Cl2N3O/c13-8-3-9(14)5-10(4-8)16-7-12(1-2-12)6-11(15)17-18/h3-5,16,18H,1-2,6-7H2,(H2,15,17). The lowest BCUT2D eigenvalue weighted by molar-refractivity contribution is 0.315. The van der Waals surface area contributed by atoms with Crippen molar-refractivity contribution in [1.82, 2.24) is 0 Å². The normalized spacial score (nSPS) is 17.6. The first-order chi connectivity index (χ1) is 8.53. The van der Waals surface area contributed by atoms with Crippen LogP contribution in [0.2, 0.25) is 10.0 Å². The van der Waals surface area contributed by atoms with Gasteiger partial charge in [0.15, 0.2) is 0 Å². The van der Waals surface area contributed by atoms with E-state index in [0.717, 1.165) is 25.1 Å². The van der Waals surface area contributed by atoms with Gasteiger partial charge in [0.2, 0.25) is 0 Å².